The fourth-order valence-electron chi connectivity index (χ4n) is 3.36. The van der Waals surface area contributed by atoms with Crippen LogP contribution in [0.25, 0.3) is 22.4 Å². The highest BCUT2D eigenvalue weighted by Crippen LogP contribution is 2.31. The molecule has 0 bridgehead atoms. The zero-order chi connectivity index (χ0) is 20.2. The number of thiazole rings is 1. The Morgan fingerprint density at radius 2 is 1.93 bits per heavy atom. The summed E-state index contributed by atoms with van der Waals surface area (Å²) in [6.07, 6.45) is 0. The van der Waals surface area contributed by atoms with Crippen LogP contribution in [0.5, 0.6) is 5.75 Å². The molecule has 0 aliphatic rings. The van der Waals surface area contributed by atoms with Crippen molar-refractivity contribution in [3.8, 4) is 17.2 Å². The van der Waals surface area contributed by atoms with E-state index in [0.717, 1.165) is 38.7 Å². The largest absolute Gasteiger partial charge is 0.492 e. The van der Waals surface area contributed by atoms with Crippen LogP contribution in [0.4, 0.5) is 5.69 Å². The Bertz CT molecular complexity index is 1140. The van der Waals surface area contributed by atoms with Gasteiger partial charge in [0.2, 0.25) is 0 Å². The summed E-state index contributed by atoms with van der Waals surface area (Å²) in [4.78, 5) is 5.79. The summed E-state index contributed by atoms with van der Waals surface area (Å²) < 4.78 is 19.5. The van der Waals surface area contributed by atoms with Gasteiger partial charge in [-0.15, -0.1) is 11.3 Å². The maximum atomic E-state index is 6.13. The molecule has 0 aliphatic carbocycles. The summed E-state index contributed by atoms with van der Waals surface area (Å²) in [6.45, 7) is 5.27. The number of hydrogen-bond donors (Lipinski definition) is 0. The number of aromatic nitrogens is 1. The summed E-state index contributed by atoms with van der Waals surface area (Å²) in [5, 5.41) is 3.17. The van der Waals surface area contributed by atoms with Gasteiger partial charge < -0.3 is 18.5 Å². The molecule has 2 heterocycles. The molecule has 0 spiro atoms. The van der Waals surface area contributed by atoms with Crippen LogP contribution in [0, 0.1) is 0 Å². The van der Waals surface area contributed by atoms with Gasteiger partial charge >= 0.3 is 0 Å². The van der Waals surface area contributed by atoms with E-state index in [9.17, 15) is 0 Å². The lowest BCUT2D eigenvalue weighted by Crippen LogP contribution is -2.22. The van der Waals surface area contributed by atoms with Gasteiger partial charge in [0, 0.05) is 17.9 Å². The minimum absolute atomic E-state index is 0.0902. The summed E-state index contributed by atoms with van der Waals surface area (Å²) in [7, 11) is 1.71. The van der Waals surface area contributed by atoms with Gasteiger partial charge in [-0.2, -0.15) is 0 Å². The monoisotopic (exact) mass is 408 g/mol. The number of hydrogen-bond acceptors (Lipinski definition) is 5. The molecule has 0 fully saturated rings. The van der Waals surface area contributed by atoms with Crippen molar-refractivity contribution in [1.29, 1.82) is 0 Å². The quantitative estimate of drug-likeness (QED) is 0.388. The van der Waals surface area contributed by atoms with Crippen LogP contribution in [0.15, 0.2) is 69.4 Å². The van der Waals surface area contributed by atoms with Gasteiger partial charge in [0.15, 0.2) is 10.6 Å². The molecule has 5 nitrogen and oxygen atoms in total. The van der Waals surface area contributed by atoms with Gasteiger partial charge in [-0.05, 0) is 38.1 Å². The first-order chi connectivity index (χ1) is 14.2. The molecule has 29 heavy (non-hydrogen) atoms. The second kappa shape index (κ2) is 8.68. The number of fused-ring (bicyclic) bond motifs is 1. The Labute approximate surface area is 173 Å². The van der Waals surface area contributed by atoms with Crippen LogP contribution < -0.4 is 9.54 Å². The summed E-state index contributed by atoms with van der Waals surface area (Å²) in [6, 6.07) is 18.0. The van der Waals surface area contributed by atoms with Crippen LogP contribution in [0.3, 0.4) is 0 Å². The summed E-state index contributed by atoms with van der Waals surface area (Å²) in [5.41, 5.74) is 2.67. The molecule has 4 aromatic rings. The smallest absolute Gasteiger partial charge is 0.190 e. The van der Waals surface area contributed by atoms with Crippen molar-refractivity contribution >= 4 is 28.0 Å². The van der Waals surface area contributed by atoms with Gasteiger partial charge in [0.25, 0.3) is 0 Å². The summed E-state index contributed by atoms with van der Waals surface area (Å²) in [5.74, 6) is 1.60. The van der Waals surface area contributed by atoms with Crippen LogP contribution >= 0.6 is 11.3 Å². The first-order valence-corrected chi connectivity index (χ1v) is 10.5. The SMILES string of the molecule is CCOc1ccccc1N=c1scc(-c2cc3ccccc3o2)n1C(C)COC. The lowest BCUT2D eigenvalue weighted by molar-refractivity contribution is 0.161. The fraction of sp³-hybridized carbons (Fsp3) is 0.261. The second-order valence-electron chi connectivity index (χ2n) is 6.74. The fourth-order valence-corrected chi connectivity index (χ4v) is 4.35. The summed E-state index contributed by atoms with van der Waals surface area (Å²) >= 11 is 1.58. The van der Waals surface area contributed by atoms with Crippen molar-refractivity contribution < 1.29 is 13.9 Å². The van der Waals surface area contributed by atoms with Crippen molar-refractivity contribution in [3.05, 3.63) is 64.8 Å². The third-order valence-electron chi connectivity index (χ3n) is 4.65. The first kappa shape index (κ1) is 19.5. The zero-order valence-corrected chi connectivity index (χ0v) is 17.6. The normalized spacial score (nSPS) is 13.1. The van der Waals surface area contributed by atoms with E-state index in [-0.39, 0.29) is 6.04 Å². The third kappa shape index (κ3) is 3.99. The van der Waals surface area contributed by atoms with E-state index in [1.54, 1.807) is 18.4 Å². The van der Waals surface area contributed by atoms with Crippen molar-refractivity contribution in [2.75, 3.05) is 20.3 Å². The van der Waals surface area contributed by atoms with Crippen molar-refractivity contribution in [2.45, 2.75) is 19.9 Å². The Morgan fingerprint density at radius 1 is 1.14 bits per heavy atom. The van der Waals surface area contributed by atoms with E-state index in [0.29, 0.717) is 13.2 Å². The number of benzene rings is 2. The standard InChI is InChI=1S/C23H24N2O3S/c1-4-27-21-12-8-6-10-18(21)24-23-25(16(2)14-26-3)19(15-29-23)22-13-17-9-5-7-11-20(17)28-22/h5-13,15-16H,4,14H2,1-3H3. The highest BCUT2D eigenvalue weighted by molar-refractivity contribution is 7.07. The van der Waals surface area contributed by atoms with Gasteiger partial charge in [0.1, 0.15) is 17.0 Å². The maximum Gasteiger partial charge on any atom is 0.190 e. The number of methoxy groups -OCH3 is 1. The van der Waals surface area contributed by atoms with Crippen molar-refractivity contribution in [1.82, 2.24) is 4.57 Å². The molecule has 6 heteroatoms. The van der Waals surface area contributed by atoms with Crippen LogP contribution in [0.1, 0.15) is 19.9 Å². The molecule has 0 radical (unpaired) electrons. The van der Waals surface area contributed by atoms with E-state index in [1.165, 1.54) is 0 Å². The van der Waals surface area contributed by atoms with Gasteiger partial charge in [0.05, 0.1) is 24.9 Å². The second-order valence-corrected chi connectivity index (χ2v) is 7.58. The average Bonchev–Trinajstić information content (AvgIpc) is 3.33. The molecule has 0 amide bonds. The number of ether oxygens (including phenoxy) is 2. The predicted octanol–water partition coefficient (Wildman–Crippen LogP) is 5.80. The van der Waals surface area contributed by atoms with Crippen molar-refractivity contribution in [2.24, 2.45) is 4.99 Å². The first-order valence-electron chi connectivity index (χ1n) is 9.65. The Balaban J connectivity index is 1.87. The number of furan rings is 1. The molecule has 4 rings (SSSR count). The van der Waals surface area contributed by atoms with Gasteiger partial charge in [-0.1, -0.05) is 30.3 Å². The number of rotatable bonds is 7. The molecule has 0 N–H and O–H groups in total. The van der Waals surface area contributed by atoms with E-state index in [2.05, 4.69) is 29.0 Å². The molecule has 2 aromatic carbocycles. The Kier molecular flexibility index (Phi) is 5.83. The topological polar surface area (TPSA) is 48.9 Å². The molecular formula is C23H24N2O3S. The maximum absolute atomic E-state index is 6.13. The van der Waals surface area contributed by atoms with Crippen LogP contribution in [-0.2, 0) is 4.74 Å². The Hall–Kier alpha value is -2.83. The lowest BCUT2D eigenvalue weighted by atomic mass is 10.2. The minimum Gasteiger partial charge on any atom is -0.492 e. The predicted molar refractivity (Wildman–Crippen MR) is 117 cm³/mol. The molecule has 0 aliphatic heterocycles. The average molecular weight is 409 g/mol. The molecule has 1 atom stereocenters. The molecule has 2 aromatic heterocycles. The number of nitrogens with zero attached hydrogens (tertiary/aromatic N) is 2. The lowest BCUT2D eigenvalue weighted by Gasteiger charge is -2.15. The molecule has 1 unspecified atom stereocenters. The number of para-hydroxylation sites is 3. The molecule has 0 saturated heterocycles. The van der Waals surface area contributed by atoms with Crippen LogP contribution in [0.2, 0.25) is 0 Å². The van der Waals surface area contributed by atoms with E-state index in [4.69, 9.17) is 18.9 Å². The van der Waals surface area contributed by atoms with Gasteiger partial charge in [-0.25, -0.2) is 4.99 Å². The zero-order valence-electron chi connectivity index (χ0n) is 16.8. The van der Waals surface area contributed by atoms with Crippen LogP contribution in [-0.4, -0.2) is 24.9 Å². The minimum atomic E-state index is 0.0902. The van der Waals surface area contributed by atoms with Crippen molar-refractivity contribution in [3.63, 3.8) is 0 Å². The highest BCUT2D eigenvalue weighted by Gasteiger charge is 2.17. The van der Waals surface area contributed by atoms with E-state index in [1.807, 2.05) is 49.4 Å². The molecule has 0 saturated carbocycles. The molecular weight excluding hydrogens is 384 g/mol. The third-order valence-corrected chi connectivity index (χ3v) is 5.49. The Morgan fingerprint density at radius 3 is 2.72 bits per heavy atom. The van der Waals surface area contributed by atoms with E-state index < -0.39 is 0 Å². The highest BCUT2D eigenvalue weighted by atomic mass is 32.1. The van der Waals surface area contributed by atoms with E-state index >= 15 is 0 Å². The molecule has 150 valence electrons. The van der Waals surface area contributed by atoms with Gasteiger partial charge in [-0.3, -0.25) is 0 Å².